The smallest absolute Gasteiger partial charge is 0.261 e. The summed E-state index contributed by atoms with van der Waals surface area (Å²) in [6.45, 7) is 1.28. The molecular weight excluding hydrogens is 358 g/mol. The zero-order valence-corrected chi connectivity index (χ0v) is 16.3. The number of methoxy groups -OCH3 is 2. The lowest BCUT2D eigenvalue weighted by atomic mass is 9.92. The molecule has 8 nitrogen and oxygen atoms in total. The molecule has 2 aromatic heterocycles. The van der Waals surface area contributed by atoms with Gasteiger partial charge in [-0.05, 0) is 25.0 Å². The maximum Gasteiger partial charge on any atom is 0.261 e. The molecule has 1 aromatic carbocycles. The molecule has 0 bridgehead atoms. The standard InChI is InChI=1S/C20H23N5O3/c1-24-19-18(21-9-10-22-19)17(23-24)13-7-11-25(12-8-13)20(26)16-14(27-2)5-4-6-15(16)28-3/h4-6,9-10,13H,7-8,11-12H2,1-3H3. The van der Waals surface area contributed by atoms with E-state index in [1.807, 2.05) is 18.0 Å². The van der Waals surface area contributed by atoms with E-state index in [2.05, 4.69) is 15.1 Å². The maximum absolute atomic E-state index is 13.1. The van der Waals surface area contributed by atoms with Gasteiger partial charge in [0, 0.05) is 38.4 Å². The lowest BCUT2D eigenvalue weighted by Crippen LogP contribution is -2.38. The van der Waals surface area contributed by atoms with Crippen molar-refractivity contribution < 1.29 is 14.3 Å². The summed E-state index contributed by atoms with van der Waals surface area (Å²) in [5.74, 6) is 1.23. The summed E-state index contributed by atoms with van der Waals surface area (Å²) in [5.41, 5.74) is 3.07. The molecule has 146 valence electrons. The average molecular weight is 381 g/mol. The van der Waals surface area contributed by atoms with Crippen LogP contribution in [0, 0.1) is 0 Å². The monoisotopic (exact) mass is 381 g/mol. The molecule has 1 aliphatic heterocycles. The number of hydrogen-bond acceptors (Lipinski definition) is 6. The summed E-state index contributed by atoms with van der Waals surface area (Å²) in [6, 6.07) is 5.37. The first-order valence-electron chi connectivity index (χ1n) is 9.28. The summed E-state index contributed by atoms with van der Waals surface area (Å²) in [7, 11) is 5.00. The summed E-state index contributed by atoms with van der Waals surface area (Å²) >= 11 is 0. The van der Waals surface area contributed by atoms with E-state index in [1.54, 1.807) is 43.4 Å². The molecule has 0 atom stereocenters. The summed E-state index contributed by atoms with van der Waals surface area (Å²) in [5, 5.41) is 4.64. The van der Waals surface area contributed by atoms with Crippen molar-refractivity contribution in [2.24, 2.45) is 7.05 Å². The fraction of sp³-hybridized carbons (Fsp3) is 0.400. The SMILES string of the molecule is COc1cccc(OC)c1C(=O)N1CCC(c2nn(C)c3nccnc23)CC1. The van der Waals surface area contributed by atoms with Crippen molar-refractivity contribution in [3.63, 3.8) is 0 Å². The number of ether oxygens (including phenoxy) is 2. The normalized spacial score (nSPS) is 15.0. The minimum Gasteiger partial charge on any atom is -0.496 e. The van der Waals surface area contributed by atoms with Crippen LogP contribution in [0.1, 0.15) is 34.8 Å². The Labute approximate surface area is 163 Å². The third kappa shape index (κ3) is 3.04. The highest BCUT2D eigenvalue weighted by Crippen LogP contribution is 2.34. The molecule has 0 unspecified atom stereocenters. The van der Waals surface area contributed by atoms with E-state index < -0.39 is 0 Å². The number of aryl methyl sites for hydroxylation is 1. The second-order valence-corrected chi connectivity index (χ2v) is 6.84. The molecule has 0 aliphatic carbocycles. The van der Waals surface area contributed by atoms with E-state index in [0.717, 1.165) is 29.7 Å². The Kier molecular flexibility index (Phi) is 4.85. The van der Waals surface area contributed by atoms with Gasteiger partial charge in [-0.1, -0.05) is 6.07 Å². The molecule has 3 heterocycles. The quantitative estimate of drug-likeness (QED) is 0.690. The van der Waals surface area contributed by atoms with Crippen LogP contribution < -0.4 is 9.47 Å². The van der Waals surface area contributed by atoms with Gasteiger partial charge in [0.2, 0.25) is 0 Å². The number of benzene rings is 1. The second kappa shape index (κ2) is 7.46. The van der Waals surface area contributed by atoms with Crippen molar-refractivity contribution in [3.8, 4) is 11.5 Å². The minimum absolute atomic E-state index is 0.0709. The van der Waals surface area contributed by atoms with E-state index in [4.69, 9.17) is 9.47 Å². The van der Waals surface area contributed by atoms with Gasteiger partial charge in [-0.2, -0.15) is 5.10 Å². The Morgan fingerprint density at radius 1 is 1.07 bits per heavy atom. The molecule has 1 aliphatic rings. The average Bonchev–Trinajstić information content (AvgIpc) is 3.09. The van der Waals surface area contributed by atoms with Gasteiger partial charge < -0.3 is 14.4 Å². The molecule has 4 rings (SSSR count). The highest BCUT2D eigenvalue weighted by atomic mass is 16.5. The highest BCUT2D eigenvalue weighted by molar-refractivity contribution is 5.99. The first kappa shape index (κ1) is 18.2. The van der Waals surface area contributed by atoms with Crippen molar-refractivity contribution >= 4 is 17.1 Å². The second-order valence-electron chi connectivity index (χ2n) is 6.84. The van der Waals surface area contributed by atoms with Gasteiger partial charge >= 0.3 is 0 Å². The first-order chi connectivity index (χ1) is 13.6. The lowest BCUT2D eigenvalue weighted by Gasteiger charge is -2.32. The van der Waals surface area contributed by atoms with Crippen molar-refractivity contribution in [3.05, 3.63) is 41.9 Å². The van der Waals surface area contributed by atoms with Gasteiger partial charge in [-0.15, -0.1) is 0 Å². The van der Waals surface area contributed by atoms with Crippen molar-refractivity contribution in [1.29, 1.82) is 0 Å². The van der Waals surface area contributed by atoms with Crippen LogP contribution in [0.5, 0.6) is 11.5 Å². The zero-order chi connectivity index (χ0) is 19.7. The number of rotatable bonds is 4. The van der Waals surface area contributed by atoms with Crippen LogP contribution >= 0.6 is 0 Å². The van der Waals surface area contributed by atoms with Crippen LogP contribution in [-0.2, 0) is 7.05 Å². The van der Waals surface area contributed by atoms with Crippen LogP contribution in [-0.4, -0.2) is 57.9 Å². The number of aromatic nitrogens is 4. The number of nitrogens with zero attached hydrogens (tertiary/aromatic N) is 5. The Balaban J connectivity index is 1.54. The number of piperidine rings is 1. The number of carbonyl (C=O) groups excluding carboxylic acids is 1. The Bertz CT molecular complexity index is 986. The predicted molar refractivity (Wildman–Crippen MR) is 104 cm³/mol. The third-order valence-corrected chi connectivity index (χ3v) is 5.30. The molecule has 0 spiro atoms. The molecule has 1 saturated heterocycles. The van der Waals surface area contributed by atoms with Gasteiger partial charge in [-0.3, -0.25) is 4.79 Å². The van der Waals surface area contributed by atoms with Crippen LogP contribution in [0.15, 0.2) is 30.6 Å². The topological polar surface area (TPSA) is 82.4 Å². The number of hydrogen-bond donors (Lipinski definition) is 0. The van der Waals surface area contributed by atoms with Gasteiger partial charge in [0.25, 0.3) is 5.91 Å². The minimum atomic E-state index is -0.0709. The fourth-order valence-electron chi connectivity index (χ4n) is 3.86. The molecule has 0 radical (unpaired) electrons. The van der Waals surface area contributed by atoms with Crippen LogP contribution in [0.25, 0.3) is 11.2 Å². The van der Waals surface area contributed by atoms with Gasteiger partial charge in [0.05, 0.1) is 19.9 Å². The lowest BCUT2D eigenvalue weighted by molar-refractivity contribution is 0.0705. The molecular formula is C20H23N5O3. The largest absolute Gasteiger partial charge is 0.496 e. The molecule has 1 fully saturated rings. The van der Waals surface area contributed by atoms with Crippen molar-refractivity contribution in [2.75, 3.05) is 27.3 Å². The molecule has 3 aromatic rings. The first-order valence-corrected chi connectivity index (χ1v) is 9.28. The van der Waals surface area contributed by atoms with Crippen LogP contribution in [0.3, 0.4) is 0 Å². The molecule has 0 N–H and O–H groups in total. The van der Waals surface area contributed by atoms with Crippen LogP contribution in [0.2, 0.25) is 0 Å². The Morgan fingerprint density at radius 2 is 1.71 bits per heavy atom. The van der Waals surface area contributed by atoms with Crippen LogP contribution in [0.4, 0.5) is 0 Å². The van der Waals surface area contributed by atoms with E-state index >= 15 is 0 Å². The summed E-state index contributed by atoms with van der Waals surface area (Å²) < 4.78 is 12.5. The Hall–Kier alpha value is -3.16. The summed E-state index contributed by atoms with van der Waals surface area (Å²) in [4.78, 5) is 23.8. The van der Waals surface area contributed by atoms with E-state index in [1.165, 1.54) is 0 Å². The molecule has 28 heavy (non-hydrogen) atoms. The van der Waals surface area contributed by atoms with Gasteiger partial charge in [0.1, 0.15) is 22.6 Å². The third-order valence-electron chi connectivity index (χ3n) is 5.30. The molecule has 0 saturated carbocycles. The summed E-state index contributed by atoms with van der Waals surface area (Å²) in [6.07, 6.45) is 5.02. The van der Waals surface area contributed by atoms with Crippen molar-refractivity contribution in [2.45, 2.75) is 18.8 Å². The maximum atomic E-state index is 13.1. The molecule has 8 heteroatoms. The van der Waals surface area contributed by atoms with E-state index in [9.17, 15) is 4.79 Å². The zero-order valence-electron chi connectivity index (χ0n) is 16.3. The number of amides is 1. The number of fused-ring (bicyclic) bond motifs is 1. The number of likely N-dealkylation sites (tertiary alicyclic amines) is 1. The van der Waals surface area contributed by atoms with E-state index in [0.29, 0.717) is 30.2 Å². The number of carbonyl (C=O) groups is 1. The predicted octanol–water partition coefficient (Wildman–Crippen LogP) is 2.40. The van der Waals surface area contributed by atoms with Crippen molar-refractivity contribution in [1.82, 2.24) is 24.6 Å². The van der Waals surface area contributed by atoms with Gasteiger partial charge in [0.15, 0.2) is 5.65 Å². The molecule has 1 amide bonds. The van der Waals surface area contributed by atoms with E-state index in [-0.39, 0.29) is 11.8 Å². The fourth-order valence-corrected chi connectivity index (χ4v) is 3.86. The highest BCUT2D eigenvalue weighted by Gasteiger charge is 2.30. The van der Waals surface area contributed by atoms with Gasteiger partial charge in [-0.25, -0.2) is 14.6 Å². The Morgan fingerprint density at radius 3 is 2.36 bits per heavy atom.